The molecule has 4 amide bonds. The fourth-order valence-electron chi connectivity index (χ4n) is 4.52. The van der Waals surface area contributed by atoms with Gasteiger partial charge in [-0.05, 0) is 43.5 Å². The Morgan fingerprint density at radius 3 is 2.56 bits per heavy atom. The molecule has 0 aromatic heterocycles. The molecular weight excluding hydrogens is 410 g/mol. The maximum Gasteiger partial charge on any atom is 0.325 e. The lowest BCUT2D eigenvalue weighted by Gasteiger charge is -2.28. The Hall–Kier alpha value is -3.55. The molecule has 2 saturated heterocycles. The molecule has 2 aromatic rings. The van der Waals surface area contributed by atoms with Crippen molar-refractivity contribution in [3.8, 4) is 11.5 Å². The molecule has 0 unspecified atom stereocenters. The van der Waals surface area contributed by atoms with Crippen molar-refractivity contribution in [1.29, 1.82) is 0 Å². The summed E-state index contributed by atoms with van der Waals surface area (Å²) in [5.41, 5.74) is 0.330. The second-order valence-corrected chi connectivity index (χ2v) is 8.17. The van der Waals surface area contributed by atoms with Crippen LogP contribution in [0.1, 0.15) is 36.9 Å². The van der Waals surface area contributed by atoms with Gasteiger partial charge in [0.25, 0.3) is 5.91 Å². The summed E-state index contributed by atoms with van der Waals surface area (Å²) < 4.78 is 10.9. The highest BCUT2D eigenvalue weighted by Gasteiger charge is 2.50. The van der Waals surface area contributed by atoms with Crippen LogP contribution in [0.3, 0.4) is 0 Å². The van der Waals surface area contributed by atoms with Crippen LogP contribution in [0.2, 0.25) is 0 Å². The minimum Gasteiger partial charge on any atom is -0.497 e. The third-order valence-corrected chi connectivity index (χ3v) is 6.29. The predicted octanol–water partition coefficient (Wildman–Crippen LogP) is 2.83. The number of carbonyl (C=O) groups is 3. The first-order chi connectivity index (χ1) is 15.4. The van der Waals surface area contributed by atoms with Gasteiger partial charge < -0.3 is 19.7 Å². The summed E-state index contributed by atoms with van der Waals surface area (Å²) in [6, 6.07) is 13.8. The highest BCUT2D eigenvalue weighted by molar-refractivity contribution is 6.09. The lowest BCUT2D eigenvalue weighted by atomic mass is 9.92. The summed E-state index contributed by atoms with van der Waals surface area (Å²) in [5, 5.41) is 2.75. The van der Waals surface area contributed by atoms with Crippen molar-refractivity contribution in [2.24, 2.45) is 0 Å². The van der Waals surface area contributed by atoms with Crippen molar-refractivity contribution in [2.45, 2.75) is 31.3 Å². The molecule has 2 aliphatic heterocycles. The monoisotopic (exact) mass is 437 g/mol. The first-order valence-electron chi connectivity index (χ1n) is 10.6. The topological polar surface area (TPSA) is 88.2 Å². The molecule has 2 aromatic carbocycles. The Morgan fingerprint density at radius 2 is 1.88 bits per heavy atom. The van der Waals surface area contributed by atoms with Crippen LogP contribution in [0.25, 0.3) is 0 Å². The van der Waals surface area contributed by atoms with Gasteiger partial charge in [-0.1, -0.05) is 30.3 Å². The third kappa shape index (κ3) is 3.66. The molecule has 168 valence electrons. The zero-order valence-corrected chi connectivity index (χ0v) is 18.5. The number of hydrogen-bond donors (Lipinski definition) is 1. The molecule has 4 rings (SSSR count). The molecule has 0 saturated carbocycles. The van der Waals surface area contributed by atoms with Gasteiger partial charge in [-0.15, -0.1) is 0 Å². The molecule has 8 heteroatoms. The van der Waals surface area contributed by atoms with Crippen LogP contribution >= 0.6 is 0 Å². The number of nitrogens with one attached hydrogen (secondary N) is 1. The van der Waals surface area contributed by atoms with E-state index in [1.165, 1.54) is 0 Å². The highest BCUT2D eigenvalue weighted by Crippen LogP contribution is 2.39. The van der Waals surface area contributed by atoms with Crippen molar-refractivity contribution >= 4 is 17.8 Å². The van der Waals surface area contributed by atoms with E-state index in [0.29, 0.717) is 23.6 Å². The minimum atomic E-state index is -1.20. The van der Waals surface area contributed by atoms with Crippen molar-refractivity contribution in [2.75, 3.05) is 27.3 Å². The minimum absolute atomic E-state index is 0.214. The number of amides is 4. The van der Waals surface area contributed by atoms with Gasteiger partial charge in [0.05, 0.1) is 20.3 Å². The number of ether oxygens (including phenoxy) is 2. The lowest BCUT2D eigenvalue weighted by Crippen LogP contribution is -2.44. The summed E-state index contributed by atoms with van der Waals surface area (Å²) in [6.07, 6.45) is 1.58. The van der Waals surface area contributed by atoms with Gasteiger partial charge in [0.2, 0.25) is 5.91 Å². The maximum absolute atomic E-state index is 13.3. The summed E-state index contributed by atoms with van der Waals surface area (Å²) >= 11 is 0. The molecule has 1 N–H and O–H groups in total. The molecule has 0 spiro atoms. The second-order valence-electron chi connectivity index (χ2n) is 8.17. The zero-order valence-electron chi connectivity index (χ0n) is 18.5. The summed E-state index contributed by atoms with van der Waals surface area (Å²) in [6.45, 7) is 1.89. The highest BCUT2D eigenvalue weighted by atomic mass is 16.5. The molecule has 32 heavy (non-hydrogen) atoms. The van der Waals surface area contributed by atoms with E-state index < -0.39 is 17.5 Å². The predicted molar refractivity (Wildman–Crippen MR) is 117 cm³/mol. The fourth-order valence-corrected chi connectivity index (χ4v) is 4.52. The Morgan fingerprint density at radius 1 is 1.12 bits per heavy atom. The van der Waals surface area contributed by atoms with Crippen LogP contribution in [0.5, 0.6) is 11.5 Å². The Balaban J connectivity index is 1.55. The molecule has 2 aliphatic rings. The van der Waals surface area contributed by atoms with Crippen LogP contribution in [0, 0.1) is 0 Å². The number of imide groups is 1. The summed E-state index contributed by atoms with van der Waals surface area (Å²) in [4.78, 5) is 41.8. The van der Waals surface area contributed by atoms with Crippen LogP contribution in [-0.4, -0.2) is 55.0 Å². The maximum atomic E-state index is 13.3. The molecule has 0 bridgehead atoms. The Labute approximate surface area is 187 Å². The van der Waals surface area contributed by atoms with E-state index in [1.54, 1.807) is 44.2 Å². The van der Waals surface area contributed by atoms with Crippen molar-refractivity contribution in [3.05, 3.63) is 59.7 Å². The Bertz CT molecular complexity index is 1040. The van der Waals surface area contributed by atoms with E-state index in [0.717, 1.165) is 23.3 Å². The third-order valence-electron chi connectivity index (χ3n) is 6.29. The number of methoxy groups -OCH3 is 2. The van der Waals surface area contributed by atoms with E-state index in [4.69, 9.17) is 9.47 Å². The van der Waals surface area contributed by atoms with E-state index in [2.05, 4.69) is 5.32 Å². The largest absolute Gasteiger partial charge is 0.497 e. The summed E-state index contributed by atoms with van der Waals surface area (Å²) in [5.74, 6) is 0.630. The normalized spacial score (nSPS) is 22.8. The van der Waals surface area contributed by atoms with Gasteiger partial charge >= 0.3 is 6.03 Å². The standard InChI is InChI=1S/C24H27N3O5/c1-24(16-8-5-4-6-9-16)22(29)27(23(30)25-24)15-21(28)26-13-7-10-19(26)18-14-17(31-2)11-12-20(18)32-3/h4-6,8-9,11-12,14,19H,7,10,13,15H2,1-3H3,(H,25,30)/t19-,24+/m1/s1. The van der Waals surface area contributed by atoms with E-state index in [-0.39, 0.29) is 18.5 Å². The van der Waals surface area contributed by atoms with Gasteiger partial charge in [0, 0.05) is 12.1 Å². The number of benzene rings is 2. The van der Waals surface area contributed by atoms with E-state index in [1.807, 2.05) is 30.3 Å². The quantitative estimate of drug-likeness (QED) is 0.702. The van der Waals surface area contributed by atoms with E-state index >= 15 is 0 Å². The van der Waals surface area contributed by atoms with Gasteiger partial charge in [-0.2, -0.15) is 0 Å². The lowest BCUT2D eigenvalue weighted by molar-refractivity contribution is -0.139. The van der Waals surface area contributed by atoms with Gasteiger partial charge in [0.1, 0.15) is 23.6 Å². The van der Waals surface area contributed by atoms with Crippen LogP contribution in [0.4, 0.5) is 4.79 Å². The zero-order chi connectivity index (χ0) is 22.9. The van der Waals surface area contributed by atoms with Crippen LogP contribution in [0.15, 0.2) is 48.5 Å². The Kier molecular flexibility index (Phi) is 5.78. The molecule has 0 aliphatic carbocycles. The van der Waals surface area contributed by atoms with Crippen LogP contribution < -0.4 is 14.8 Å². The average Bonchev–Trinajstić information content (AvgIpc) is 3.39. The number of likely N-dealkylation sites (tertiary alicyclic amines) is 1. The SMILES string of the molecule is COc1ccc(OC)c([C@H]2CCCN2C(=O)CN2C(=O)N[C@@](C)(c3ccccc3)C2=O)c1. The first kappa shape index (κ1) is 21.7. The molecular formula is C24H27N3O5. The average molecular weight is 437 g/mol. The van der Waals surface area contributed by atoms with Crippen molar-refractivity contribution in [1.82, 2.24) is 15.1 Å². The van der Waals surface area contributed by atoms with Gasteiger partial charge in [-0.3, -0.25) is 14.5 Å². The number of rotatable bonds is 6. The molecule has 2 fully saturated rings. The number of nitrogens with zero attached hydrogens (tertiary/aromatic N) is 2. The van der Waals surface area contributed by atoms with Crippen LogP contribution in [-0.2, 0) is 15.1 Å². The molecule has 2 atom stereocenters. The van der Waals surface area contributed by atoms with E-state index in [9.17, 15) is 14.4 Å². The summed E-state index contributed by atoms with van der Waals surface area (Å²) in [7, 11) is 3.18. The number of carbonyl (C=O) groups excluding carboxylic acids is 3. The molecule has 2 heterocycles. The van der Waals surface area contributed by atoms with Crippen molar-refractivity contribution in [3.63, 3.8) is 0 Å². The fraction of sp³-hybridized carbons (Fsp3) is 0.375. The van der Waals surface area contributed by atoms with Crippen molar-refractivity contribution < 1.29 is 23.9 Å². The number of hydrogen-bond acceptors (Lipinski definition) is 5. The van der Waals surface area contributed by atoms with Gasteiger partial charge in [-0.25, -0.2) is 4.79 Å². The second kappa shape index (κ2) is 8.53. The number of urea groups is 1. The smallest absolute Gasteiger partial charge is 0.325 e. The molecule has 0 radical (unpaired) electrons. The van der Waals surface area contributed by atoms with Gasteiger partial charge in [0.15, 0.2) is 0 Å². The first-order valence-corrected chi connectivity index (χ1v) is 10.6. The molecule has 8 nitrogen and oxygen atoms in total.